The molecule has 2 heterocycles. The van der Waals surface area contributed by atoms with Crippen molar-refractivity contribution in [1.29, 1.82) is 5.26 Å². The van der Waals surface area contributed by atoms with E-state index < -0.39 is 5.82 Å². The number of rotatable bonds is 2. The average Bonchev–Trinajstić information content (AvgIpc) is 2.81. The van der Waals surface area contributed by atoms with Gasteiger partial charge in [-0.05, 0) is 30.3 Å². The number of hydrogen-bond acceptors (Lipinski definition) is 4. The van der Waals surface area contributed by atoms with Crippen LogP contribution in [0.2, 0.25) is 0 Å². The van der Waals surface area contributed by atoms with E-state index in [0.717, 1.165) is 0 Å². The Balaban J connectivity index is 1.92. The van der Waals surface area contributed by atoms with Gasteiger partial charge in [0.1, 0.15) is 11.9 Å². The normalized spacial score (nSPS) is 10.3. The number of nitrogens with one attached hydrogen (secondary N) is 1. The molecule has 0 aliphatic carbocycles. The van der Waals surface area contributed by atoms with E-state index in [-0.39, 0.29) is 5.56 Å². The number of fused-ring (bicyclic) bond motifs is 1. The van der Waals surface area contributed by atoms with Gasteiger partial charge in [-0.1, -0.05) is 6.07 Å². The number of anilines is 2. The zero-order valence-corrected chi connectivity index (χ0v) is 9.71. The van der Waals surface area contributed by atoms with Crippen LogP contribution in [0.5, 0.6) is 0 Å². The molecule has 0 saturated heterocycles. The van der Waals surface area contributed by atoms with Gasteiger partial charge in [0.05, 0.1) is 5.56 Å². The maximum Gasteiger partial charge on any atom is 0.247 e. The molecule has 0 saturated carbocycles. The van der Waals surface area contributed by atoms with Crippen molar-refractivity contribution in [3.8, 4) is 6.07 Å². The van der Waals surface area contributed by atoms with Crippen molar-refractivity contribution in [2.45, 2.75) is 0 Å². The summed E-state index contributed by atoms with van der Waals surface area (Å²) >= 11 is 0. The fraction of sp³-hybridized carbons (Fsp3) is 0. The van der Waals surface area contributed by atoms with Crippen molar-refractivity contribution in [3.05, 3.63) is 54.0 Å². The Labute approximate surface area is 107 Å². The van der Waals surface area contributed by atoms with Gasteiger partial charge in [0.15, 0.2) is 5.65 Å². The predicted molar refractivity (Wildman–Crippen MR) is 67.4 cm³/mol. The fourth-order valence-electron chi connectivity index (χ4n) is 1.70. The molecule has 0 unspecified atom stereocenters. The molecule has 92 valence electrons. The number of aromatic nitrogens is 3. The lowest BCUT2D eigenvalue weighted by Crippen LogP contribution is -1.95. The van der Waals surface area contributed by atoms with Gasteiger partial charge in [-0.2, -0.15) is 10.2 Å². The molecule has 0 fully saturated rings. The molecule has 0 radical (unpaired) electrons. The van der Waals surface area contributed by atoms with Crippen molar-refractivity contribution in [3.63, 3.8) is 0 Å². The van der Waals surface area contributed by atoms with E-state index in [0.29, 0.717) is 17.3 Å². The highest BCUT2D eigenvalue weighted by molar-refractivity contribution is 5.57. The summed E-state index contributed by atoms with van der Waals surface area (Å²) in [5.74, 6) is -0.202. The second-order valence-corrected chi connectivity index (χ2v) is 3.87. The molecule has 19 heavy (non-hydrogen) atoms. The van der Waals surface area contributed by atoms with Crippen LogP contribution < -0.4 is 5.32 Å². The van der Waals surface area contributed by atoms with Crippen LogP contribution in [0.1, 0.15) is 5.56 Å². The maximum atomic E-state index is 13.4. The van der Waals surface area contributed by atoms with E-state index in [4.69, 9.17) is 5.26 Å². The summed E-state index contributed by atoms with van der Waals surface area (Å²) in [5, 5.41) is 15.7. The Morgan fingerprint density at radius 2 is 2.16 bits per heavy atom. The van der Waals surface area contributed by atoms with Crippen molar-refractivity contribution in [1.82, 2.24) is 14.6 Å². The number of benzene rings is 1. The molecule has 0 aliphatic rings. The molecule has 0 spiro atoms. The fourth-order valence-corrected chi connectivity index (χ4v) is 1.70. The van der Waals surface area contributed by atoms with E-state index in [9.17, 15) is 4.39 Å². The third-order valence-corrected chi connectivity index (χ3v) is 2.59. The Morgan fingerprint density at radius 1 is 1.26 bits per heavy atom. The van der Waals surface area contributed by atoms with Gasteiger partial charge < -0.3 is 5.32 Å². The largest absolute Gasteiger partial charge is 0.323 e. The van der Waals surface area contributed by atoms with Crippen molar-refractivity contribution < 1.29 is 4.39 Å². The van der Waals surface area contributed by atoms with Crippen molar-refractivity contribution in [2.75, 3.05) is 5.32 Å². The van der Waals surface area contributed by atoms with Crippen LogP contribution in [0.3, 0.4) is 0 Å². The average molecular weight is 253 g/mol. The second-order valence-electron chi connectivity index (χ2n) is 3.87. The Kier molecular flexibility index (Phi) is 2.58. The number of hydrogen-bond donors (Lipinski definition) is 1. The topological polar surface area (TPSA) is 66.0 Å². The van der Waals surface area contributed by atoms with Crippen LogP contribution in [0.25, 0.3) is 5.65 Å². The molecule has 0 bridgehead atoms. The summed E-state index contributed by atoms with van der Waals surface area (Å²) in [4.78, 5) is 4.23. The van der Waals surface area contributed by atoms with Crippen LogP contribution in [0, 0.1) is 17.1 Å². The standard InChI is InChI=1S/C13H8FN5/c14-11-7-10(5-4-9(11)8-15)16-13-17-12-3-1-2-6-19(12)18-13/h1-7H,(H,16,18). The molecule has 5 nitrogen and oxygen atoms in total. The number of nitriles is 1. The molecule has 6 heteroatoms. The summed E-state index contributed by atoms with van der Waals surface area (Å²) in [5.41, 5.74) is 1.19. The lowest BCUT2D eigenvalue weighted by atomic mass is 10.2. The predicted octanol–water partition coefficient (Wildman–Crippen LogP) is 2.48. The SMILES string of the molecule is N#Cc1ccc(Nc2nc3ccccn3n2)cc1F. The van der Waals surface area contributed by atoms with Crippen molar-refractivity contribution >= 4 is 17.3 Å². The van der Waals surface area contributed by atoms with E-state index in [1.165, 1.54) is 12.1 Å². The minimum Gasteiger partial charge on any atom is -0.323 e. The summed E-state index contributed by atoms with van der Waals surface area (Å²) in [6.07, 6.45) is 1.77. The Hall–Kier alpha value is -2.94. The first-order valence-electron chi connectivity index (χ1n) is 5.54. The van der Waals surface area contributed by atoms with Crippen LogP contribution in [0.4, 0.5) is 16.0 Å². The van der Waals surface area contributed by atoms with Gasteiger partial charge in [0, 0.05) is 11.9 Å². The Morgan fingerprint density at radius 3 is 2.89 bits per heavy atom. The first kappa shape index (κ1) is 11.2. The van der Waals surface area contributed by atoms with Crippen LogP contribution in [-0.2, 0) is 0 Å². The van der Waals surface area contributed by atoms with Crippen LogP contribution >= 0.6 is 0 Å². The number of nitrogens with zero attached hydrogens (tertiary/aromatic N) is 4. The van der Waals surface area contributed by atoms with Crippen LogP contribution in [0.15, 0.2) is 42.6 Å². The monoisotopic (exact) mass is 253 g/mol. The van der Waals surface area contributed by atoms with Gasteiger partial charge in [0.2, 0.25) is 5.95 Å². The summed E-state index contributed by atoms with van der Waals surface area (Å²) < 4.78 is 15.1. The number of halogens is 1. The van der Waals surface area contributed by atoms with E-state index >= 15 is 0 Å². The Bertz CT molecular complexity index is 754. The van der Waals surface area contributed by atoms with Gasteiger partial charge in [-0.15, -0.1) is 5.10 Å². The third-order valence-electron chi connectivity index (χ3n) is 2.59. The number of pyridine rings is 1. The summed E-state index contributed by atoms with van der Waals surface area (Å²) in [7, 11) is 0. The highest BCUT2D eigenvalue weighted by Gasteiger charge is 2.06. The molecule has 0 aliphatic heterocycles. The van der Waals surface area contributed by atoms with Crippen molar-refractivity contribution in [2.24, 2.45) is 0 Å². The lowest BCUT2D eigenvalue weighted by molar-refractivity contribution is 0.624. The highest BCUT2D eigenvalue weighted by Crippen LogP contribution is 2.17. The lowest BCUT2D eigenvalue weighted by Gasteiger charge is -2.01. The van der Waals surface area contributed by atoms with Gasteiger partial charge >= 0.3 is 0 Å². The minimum atomic E-state index is -0.573. The summed E-state index contributed by atoms with van der Waals surface area (Å²) in [6, 6.07) is 11.5. The first-order chi connectivity index (χ1) is 9.26. The molecular weight excluding hydrogens is 245 g/mol. The molecule has 3 rings (SSSR count). The molecule has 2 aromatic heterocycles. The van der Waals surface area contributed by atoms with Gasteiger partial charge in [-0.25, -0.2) is 8.91 Å². The zero-order valence-electron chi connectivity index (χ0n) is 9.71. The van der Waals surface area contributed by atoms with Crippen LogP contribution in [-0.4, -0.2) is 14.6 Å². The molecule has 0 atom stereocenters. The van der Waals surface area contributed by atoms with Gasteiger partial charge in [0.25, 0.3) is 0 Å². The van der Waals surface area contributed by atoms with Gasteiger partial charge in [-0.3, -0.25) is 0 Å². The molecule has 1 aromatic carbocycles. The second kappa shape index (κ2) is 4.38. The van der Waals surface area contributed by atoms with E-state index in [2.05, 4.69) is 15.4 Å². The van der Waals surface area contributed by atoms with E-state index in [1.807, 2.05) is 18.2 Å². The summed E-state index contributed by atoms with van der Waals surface area (Å²) in [6.45, 7) is 0. The minimum absolute atomic E-state index is 0.00788. The smallest absolute Gasteiger partial charge is 0.247 e. The molecular formula is C13H8FN5. The zero-order chi connectivity index (χ0) is 13.2. The first-order valence-corrected chi connectivity index (χ1v) is 5.54. The quantitative estimate of drug-likeness (QED) is 0.762. The van der Waals surface area contributed by atoms with E-state index in [1.54, 1.807) is 22.8 Å². The molecule has 0 amide bonds. The molecule has 3 aromatic rings. The third kappa shape index (κ3) is 2.09. The molecule has 1 N–H and O–H groups in total. The highest BCUT2D eigenvalue weighted by atomic mass is 19.1. The maximum absolute atomic E-state index is 13.4.